The first-order chi connectivity index (χ1) is 17.2. The molecular formula is C25H28F3N7OS. The summed E-state index contributed by atoms with van der Waals surface area (Å²) in [5, 5.41) is 8.65. The van der Waals surface area contributed by atoms with Crippen molar-refractivity contribution in [2.75, 3.05) is 11.9 Å². The summed E-state index contributed by atoms with van der Waals surface area (Å²) >= 11 is 1.16. The first-order valence-electron chi connectivity index (χ1n) is 11.9. The highest BCUT2D eigenvalue weighted by molar-refractivity contribution is 7.12. The van der Waals surface area contributed by atoms with E-state index in [1.807, 2.05) is 39.0 Å². The van der Waals surface area contributed by atoms with Gasteiger partial charge in [0.1, 0.15) is 11.9 Å². The lowest BCUT2D eigenvalue weighted by molar-refractivity contribution is -0.144. The summed E-state index contributed by atoms with van der Waals surface area (Å²) in [4.78, 5) is 26.3. The summed E-state index contributed by atoms with van der Waals surface area (Å²) in [7, 11) is 0. The summed E-state index contributed by atoms with van der Waals surface area (Å²) in [6, 6.07) is 5.99. The van der Waals surface area contributed by atoms with E-state index >= 15 is 0 Å². The van der Waals surface area contributed by atoms with Gasteiger partial charge >= 0.3 is 6.18 Å². The van der Waals surface area contributed by atoms with Gasteiger partial charge in [0, 0.05) is 28.2 Å². The molecule has 0 aliphatic carbocycles. The summed E-state index contributed by atoms with van der Waals surface area (Å²) in [6.07, 6.45) is -2.48. The second kappa shape index (κ2) is 8.66. The fourth-order valence-electron chi connectivity index (χ4n) is 4.52. The van der Waals surface area contributed by atoms with Crippen LogP contribution in [0.15, 0.2) is 34.6 Å². The fourth-order valence-corrected chi connectivity index (χ4v) is 5.58. The van der Waals surface area contributed by atoms with Crippen molar-refractivity contribution in [2.24, 2.45) is 0 Å². The van der Waals surface area contributed by atoms with Gasteiger partial charge in [0.2, 0.25) is 11.1 Å². The second-order valence-corrected chi connectivity index (χ2v) is 11.6. The average molecular weight is 532 g/mol. The molecule has 196 valence electrons. The van der Waals surface area contributed by atoms with Crippen LogP contribution in [0.5, 0.6) is 0 Å². The Bertz CT molecular complexity index is 1540. The number of nitrogens with zero attached hydrogens (tertiary/aromatic N) is 5. The Kier molecular flexibility index (Phi) is 5.94. The highest BCUT2D eigenvalue weighted by atomic mass is 32.1. The van der Waals surface area contributed by atoms with Crippen LogP contribution in [0.1, 0.15) is 51.4 Å². The molecule has 8 nitrogen and oxygen atoms in total. The monoisotopic (exact) mass is 531 g/mol. The lowest BCUT2D eigenvalue weighted by Gasteiger charge is -2.34. The minimum Gasteiger partial charge on any atom is -0.324 e. The van der Waals surface area contributed by atoms with Crippen LogP contribution in [0, 0.1) is 0 Å². The molecule has 2 N–H and O–H groups in total. The molecule has 12 heteroatoms. The predicted octanol–water partition coefficient (Wildman–Crippen LogP) is 5.02. The molecule has 0 spiro atoms. The lowest BCUT2D eigenvalue weighted by atomic mass is 9.85. The van der Waals surface area contributed by atoms with Crippen molar-refractivity contribution in [3.8, 4) is 5.13 Å². The number of benzene rings is 1. The third kappa shape index (κ3) is 4.87. The molecule has 1 aliphatic rings. The molecule has 5 rings (SSSR count). The number of thiazole rings is 1. The quantitative estimate of drug-likeness (QED) is 0.384. The predicted molar refractivity (Wildman–Crippen MR) is 138 cm³/mol. The van der Waals surface area contributed by atoms with Crippen LogP contribution in [0.25, 0.3) is 16.2 Å². The van der Waals surface area contributed by atoms with Crippen molar-refractivity contribution in [1.29, 1.82) is 0 Å². The number of halogens is 3. The molecule has 0 amide bonds. The zero-order chi connectivity index (χ0) is 26.8. The van der Waals surface area contributed by atoms with E-state index in [-0.39, 0.29) is 33.1 Å². The molecule has 0 unspecified atom stereocenters. The van der Waals surface area contributed by atoms with Crippen LogP contribution >= 0.6 is 11.3 Å². The maximum atomic E-state index is 13.5. The van der Waals surface area contributed by atoms with Crippen molar-refractivity contribution < 1.29 is 13.2 Å². The number of nitrogens with one attached hydrogen (secondary N) is 2. The minimum atomic E-state index is -4.61. The number of aromatic nitrogens is 5. The highest BCUT2D eigenvalue weighted by Gasteiger charge is 2.33. The van der Waals surface area contributed by atoms with E-state index in [4.69, 9.17) is 0 Å². The van der Waals surface area contributed by atoms with Crippen molar-refractivity contribution in [3.05, 3.63) is 57.0 Å². The third-order valence-electron chi connectivity index (χ3n) is 6.44. The molecule has 1 aliphatic heterocycles. The molecule has 0 saturated carbocycles. The molecule has 3 aromatic heterocycles. The van der Waals surface area contributed by atoms with Crippen LogP contribution in [0.3, 0.4) is 0 Å². The van der Waals surface area contributed by atoms with Gasteiger partial charge in [-0.15, -0.1) is 11.3 Å². The molecular weight excluding hydrogens is 503 g/mol. The van der Waals surface area contributed by atoms with Gasteiger partial charge in [0.05, 0.1) is 5.69 Å². The number of alkyl halides is 3. The number of hydrogen-bond acceptors (Lipinski definition) is 7. The maximum Gasteiger partial charge on any atom is 0.408 e. The van der Waals surface area contributed by atoms with Gasteiger partial charge in [-0.05, 0) is 50.1 Å². The zero-order valence-corrected chi connectivity index (χ0v) is 22.0. The molecule has 37 heavy (non-hydrogen) atoms. The van der Waals surface area contributed by atoms with E-state index in [1.54, 1.807) is 5.38 Å². The van der Waals surface area contributed by atoms with Crippen molar-refractivity contribution in [2.45, 2.75) is 64.7 Å². The van der Waals surface area contributed by atoms with E-state index in [0.717, 1.165) is 34.7 Å². The van der Waals surface area contributed by atoms with Gasteiger partial charge < -0.3 is 10.6 Å². The van der Waals surface area contributed by atoms with Crippen LogP contribution in [0.2, 0.25) is 0 Å². The minimum absolute atomic E-state index is 0.0134. The number of anilines is 2. The van der Waals surface area contributed by atoms with E-state index in [9.17, 15) is 18.0 Å². The standard InChI is InChI=1S/C25H28F3N7OS/c1-23(2,3)18-12-37-22(32-18)35-19-16(20(36)34(35)13-25(26,27)28)11-29-21(33-19)31-15-6-7-17-14(10-15)8-9-30-24(17,4)5/h6-7,10-12,30H,8-9,13H2,1-5H3,(H,29,31,33). The molecule has 4 heterocycles. The van der Waals surface area contributed by atoms with Gasteiger partial charge in [-0.3, -0.25) is 4.79 Å². The topological polar surface area (TPSA) is 89.7 Å². The smallest absolute Gasteiger partial charge is 0.324 e. The molecule has 0 saturated heterocycles. The van der Waals surface area contributed by atoms with Gasteiger partial charge in [-0.1, -0.05) is 26.8 Å². The van der Waals surface area contributed by atoms with Crippen molar-refractivity contribution in [1.82, 2.24) is 29.6 Å². The summed E-state index contributed by atoms with van der Waals surface area (Å²) in [5.41, 5.74) is 2.64. The molecule has 0 radical (unpaired) electrons. The summed E-state index contributed by atoms with van der Waals surface area (Å²) in [6.45, 7) is 9.53. The Labute approximate surface area is 215 Å². The van der Waals surface area contributed by atoms with E-state index < -0.39 is 18.3 Å². The fraction of sp³-hybridized carbons (Fsp3) is 0.440. The van der Waals surface area contributed by atoms with E-state index in [2.05, 4.69) is 39.4 Å². The van der Waals surface area contributed by atoms with E-state index in [0.29, 0.717) is 10.4 Å². The Morgan fingerprint density at radius 1 is 1.19 bits per heavy atom. The van der Waals surface area contributed by atoms with Gasteiger partial charge in [-0.2, -0.15) is 18.2 Å². The molecule has 0 bridgehead atoms. The Morgan fingerprint density at radius 3 is 2.62 bits per heavy atom. The van der Waals surface area contributed by atoms with Crippen LogP contribution in [-0.4, -0.2) is 37.0 Å². The van der Waals surface area contributed by atoms with Crippen molar-refractivity contribution >= 4 is 34.0 Å². The molecule has 0 fully saturated rings. The normalized spacial score (nSPS) is 15.7. The summed E-state index contributed by atoms with van der Waals surface area (Å²) in [5.74, 6) is 0.172. The SMILES string of the molecule is CC(C)(C)c1csc(-n2c3nc(Nc4ccc5c(c4)CCNC5(C)C)ncc3c(=O)n2CC(F)(F)F)n1. The molecule has 0 atom stereocenters. The zero-order valence-electron chi connectivity index (χ0n) is 21.2. The highest BCUT2D eigenvalue weighted by Crippen LogP contribution is 2.31. The Morgan fingerprint density at radius 2 is 1.95 bits per heavy atom. The maximum absolute atomic E-state index is 13.5. The Balaban J connectivity index is 1.60. The van der Waals surface area contributed by atoms with Gasteiger partial charge in [-0.25, -0.2) is 19.3 Å². The number of rotatable bonds is 4. The summed E-state index contributed by atoms with van der Waals surface area (Å²) < 4.78 is 42.1. The first-order valence-corrected chi connectivity index (χ1v) is 12.8. The Hall–Kier alpha value is -3.25. The second-order valence-electron chi connectivity index (χ2n) is 10.8. The molecule has 4 aromatic rings. The largest absolute Gasteiger partial charge is 0.408 e. The first kappa shape index (κ1) is 25.4. The van der Waals surface area contributed by atoms with Crippen LogP contribution < -0.4 is 16.2 Å². The third-order valence-corrected chi connectivity index (χ3v) is 7.26. The van der Waals surface area contributed by atoms with Crippen LogP contribution in [-0.2, 0) is 23.9 Å². The molecule has 1 aromatic carbocycles. The van der Waals surface area contributed by atoms with Gasteiger partial charge in [0.15, 0.2) is 5.65 Å². The number of fused-ring (bicyclic) bond motifs is 2. The number of hydrogen-bond donors (Lipinski definition) is 2. The average Bonchev–Trinajstić information content (AvgIpc) is 3.36. The van der Waals surface area contributed by atoms with Crippen molar-refractivity contribution in [3.63, 3.8) is 0 Å². The van der Waals surface area contributed by atoms with Crippen LogP contribution in [0.4, 0.5) is 24.8 Å². The van der Waals surface area contributed by atoms with Gasteiger partial charge in [0.25, 0.3) is 5.56 Å². The lowest BCUT2D eigenvalue weighted by Crippen LogP contribution is -2.42. The van der Waals surface area contributed by atoms with E-state index in [1.165, 1.54) is 17.3 Å².